The zero-order valence-corrected chi connectivity index (χ0v) is 12.8. The Kier molecular flexibility index (Phi) is 4.32. The summed E-state index contributed by atoms with van der Waals surface area (Å²) in [5, 5.41) is 6.11. The molecular formula is C17H23N3O2. The standard InChI is InChI=1S/C17H23N3O2/c21-15-7-9-17(19-15)8-4-11-20(12-10-17)16(22)18-13-14-5-2-1-3-6-14/h1-3,5-6H,4,7-13H2,(H,18,22)(H,19,21)/t17-/m0/s1. The molecule has 0 aromatic heterocycles. The number of hydrogen-bond donors (Lipinski definition) is 2. The fourth-order valence-electron chi connectivity index (χ4n) is 3.43. The Morgan fingerprint density at radius 3 is 2.73 bits per heavy atom. The van der Waals surface area contributed by atoms with Gasteiger partial charge in [-0.3, -0.25) is 4.79 Å². The van der Waals surface area contributed by atoms with Gasteiger partial charge in [0.05, 0.1) is 0 Å². The van der Waals surface area contributed by atoms with Gasteiger partial charge in [-0.05, 0) is 31.2 Å². The average Bonchev–Trinajstić information content (AvgIpc) is 2.77. The molecule has 5 nitrogen and oxygen atoms in total. The zero-order chi connectivity index (χ0) is 15.4. The predicted molar refractivity (Wildman–Crippen MR) is 84.2 cm³/mol. The summed E-state index contributed by atoms with van der Waals surface area (Å²) in [6.07, 6.45) is 4.31. The van der Waals surface area contributed by atoms with Gasteiger partial charge in [0, 0.05) is 31.6 Å². The van der Waals surface area contributed by atoms with Crippen LogP contribution in [0.1, 0.15) is 37.7 Å². The van der Waals surface area contributed by atoms with E-state index in [-0.39, 0.29) is 17.5 Å². The lowest BCUT2D eigenvalue weighted by Gasteiger charge is -2.27. The Balaban J connectivity index is 1.52. The van der Waals surface area contributed by atoms with Crippen LogP contribution in [0.5, 0.6) is 0 Å². The van der Waals surface area contributed by atoms with Gasteiger partial charge in [0.2, 0.25) is 5.91 Å². The van der Waals surface area contributed by atoms with E-state index in [0.29, 0.717) is 19.5 Å². The number of amides is 3. The first-order chi connectivity index (χ1) is 10.7. The molecule has 2 heterocycles. The second kappa shape index (κ2) is 6.38. The lowest BCUT2D eigenvalue weighted by atomic mass is 9.89. The summed E-state index contributed by atoms with van der Waals surface area (Å²) >= 11 is 0. The maximum atomic E-state index is 12.3. The number of carbonyl (C=O) groups is 2. The van der Waals surface area contributed by atoms with Gasteiger partial charge in [-0.15, -0.1) is 0 Å². The van der Waals surface area contributed by atoms with Crippen molar-refractivity contribution in [3.8, 4) is 0 Å². The molecule has 0 aliphatic carbocycles. The van der Waals surface area contributed by atoms with Crippen LogP contribution in [0.3, 0.4) is 0 Å². The Bertz CT molecular complexity index is 546. The van der Waals surface area contributed by atoms with Crippen LogP contribution in [-0.2, 0) is 11.3 Å². The number of urea groups is 1. The van der Waals surface area contributed by atoms with E-state index in [1.165, 1.54) is 0 Å². The molecular weight excluding hydrogens is 278 g/mol. The summed E-state index contributed by atoms with van der Waals surface area (Å²) in [5.41, 5.74) is 1.04. The molecule has 5 heteroatoms. The molecule has 3 rings (SSSR count). The van der Waals surface area contributed by atoms with Gasteiger partial charge in [0.1, 0.15) is 0 Å². The van der Waals surface area contributed by atoms with Crippen LogP contribution in [0.4, 0.5) is 4.79 Å². The number of likely N-dealkylation sites (tertiary alicyclic amines) is 1. The van der Waals surface area contributed by atoms with E-state index in [1.54, 1.807) is 0 Å². The molecule has 2 aliphatic rings. The number of nitrogens with one attached hydrogen (secondary N) is 2. The molecule has 2 aliphatic heterocycles. The van der Waals surface area contributed by atoms with Crippen LogP contribution < -0.4 is 10.6 Å². The van der Waals surface area contributed by atoms with Gasteiger partial charge in [-0.25, -0.2) is 4.79 Å². The molecule has 1 spiro atoms. The zero-order valence-electron chi connectivity index (χ0n) is 12.8. The van der Waals surface area contributed by atoms with Crippen molar-refractivity contribution >= 4 is 11.9 Å². The summed E-state index contributed by atoms with van der Waals surface area (Å²) in [7, 11) is 0. The van der Waals surface area contributed by atoms with Crippen LogP contribution in [0, 0.1) is 0 Å². The summed E-state index contributed by atoms with van der Waals surface area (Å²) in [6.45, 7) is 2.02. The van der Waals surface area contributed by atoms with Gasteiger partial charge < -0.3 is 15.5 Å². The molecule has 1 aromatic carbocycles. The number of hydrogen-bond acceptors (Lipinski definition) is 2. The van der Waals surface area contributed by atoms with Crippen molar-refractivity contribution in [1.82, 2.24) is 15.5 Å². The minimum absolute atomic E-state index is 0.00905. The largest absolute Gasteiger partial charge is 0.351 e. The Morgan fingerprint density at radius 2 is 2.00 bits per heavy atom. The quantitative estimate of drug-likeness (QED) is 0.878. The minimum Gasteiger partial charge on any atom is -0.351 e. The van der Waals surface area contributed by atoms with Crippen molar-refractivity contribution in [2.45, 2.75) is 44.2 Å². The molecule has 1 atom stereocenters. The smallest absolute Gasteiger partial charge is 0.317 e. The molecule has 118 valence electrons. The van der Waals surface area contributed by atoms with Crippen LogP contribution in [0.25, 0.3) is 0 Å². The minimum atomic E-state index is -0.0639. The third kappa shape index (κ3) is 3.40. The molecule has 0 radical (unpaired) electrons. The molecule has 2 saturated heterocycles. The van der Waals surface area contributed by atoms with Crippen molar-refractivity contribution in [2.75, 3.05) is 13.1 Å². The molecule has 0 unspecified atom stereocenters. The lowest BCUT2D eigenvalue weighted by Crippen LogP contribution is -2.44. The SMILES string of the molecule is O=C1CC[C@]2(CCCN(C(=O)NCc3ccccc3)CC2)N1. The molecule has 2 N–H and O–H groups in total. The van der Waals surface area contributed by atoms with E-state index >= 15 is 0 Å². The summed E-state index contributed by atoms with van der Waals surface area (Å²) in [5.74, 6) is 0.155. The Hall–Kier alpha value is -2.04. The van der Waals surface area contributed by atoms with Crippen molar-refractivity contribution in [3.05, 3.63) is 35.9 Å². The fraction of sp³-hybridized carbons (Fsp3) is 0.529. The second-order valence-electron chi connectivity index (χ2n) is 6.31. The molecule has 3 amide bonds. The van der Waals surface area contributed by atoms with E-state index in [1.807, 2.05) is 35.2 Å². The van der Waals surface area contributed by atoms with Crippen molar-refractivity contribution < 1.29 is 9.59 Å². The highest BCUT2D eigenvalue weighted by molar-refractivity contribution is 5.79. The first-order valence-electron chi connectivity index (χ1n) is 8.05. The molecule has 1 aromatic rings. The van der Waals surface area contributed by atoms with E-state index in [9.17, 15) is 9.59 Å². The highest BCUT2D eigenvalue weighted by atomic mass is 16.2. The maximum absolute atomic E-state index is 12.3. The normalized spacial score (nSPS) is 24.9. The van der Waals surface area contributed by atoms with Crippen LogP contribution in [0.15, 0.2) is 30.3 Å². The topological polar surface area (TPSA) is 61.4 Å². The van der Waals surface area contributed by atoms with Crippen LogP contribution in [-0.4, -0.2) is 35.5 Å². The predicted octanol–water partition coefficient (Wildman–Crippen LogP) is 2.03. The first kappa shape index (κ1) is 14.9. The van der Waals surface area contributed by atoms with Gasteiger partial charge in [-0.2, -0.15) is 0 Å². The van der Waals surface area contributed by atoms with E-state index in [0.717, 1.165) is 37.8 Å². The van der Waals surface area contributed by atoms with Crippen LogP contribution >= 0.6 is 0 Å². The van der Waals surface area contributed by atoms with Gasteiger partial charge in [-0.1, -0.05) is 30.3 Å². The number of carbonyl (C=O) groups excluding carboxylic acids is 2. The monoisotopic (exact) mass is 301 g/mol. The van der Waals surface area contributed by atoms with Gasteiger partial charge >= 0.3 is 6.03 Å². The van der Waals surface area contributed by atoms with Crippen molar-refractivity contribution in [3.63, 3.8) is 0 Å². The Morgan fingerprint density at radius 1 is 1.18 bits per heavy atom. The summed E-state index contributed by atoms with van der Waals surface area (Å²) < 4.78 is 0. The number of benzene rings is 1. The highest BCUT2D eigenvalue weighted by Gasteiger charge is 2.39. The summed E-state index contributed by atoms with van der Waals surface area (Å²) in [6, 6.07) is 9.91. The average molecular weight is 301 g/mol. The molecule has 2 fully saturated rings. The van der Waals surface area contributed by atoms with Gasteiger partial charge in [0.15, 0.2) is 0 Å². The molecule has 22 heavy (non-hydrogen) atoms. The third-order valence-electron chi connectivity index (χ3n) is 4.75. The molecule has 0 bridgehead atoms. The lowest BCUT2D eigenvalue weighted by molar-refractivity contribution is -0.119. The maximum Gasteiger partial charge on any atom is 0.317 e. The third-order valence-corrected chi connectivity index (χ3v) is 4.75. The Labute approximate surface area is 131 Å². The summed E-state index contributed by atoms with van der Waals surface area (Å²) in [4.78, 5) is 25.7. The van der Waals surface area contributed by atoms with Crippen LogP contribution in [0.2, 0.25) is 0 Å². The van der Waals surface area contributed by atoms with E-state index in [2.05, 4.69) is 10.6 Å². The highest BCUT2D eigenvalue weighted by Crippen LogP contribution is 2.31. The van der Waals surface area contributed by atoms with Crippen molar-refractivity contribution in [1.29, 1.82) is 0 Å². The first-order valence-corrected chi connectivity index (χ1v) is 8.05. The van der Waals surface area contributed by atoms with E-state index in [4.69, 9.17) is 0 Å². The number of rotatable bonds is 2. The molecule has 0 saturated carbocycles. The van der Waals surface area contributed by atoms with Gasteiger partial charge in [0.25, 0.3) is 0 Å². The number of nitrogens with zero attached hydrogens (tertiary/aromatic N) is 1. The second-order valence-corrected chi connectivity index (χ2v) is 6.31. The van der Waals surface area contributed by atoms with Crippen molar-refractivity contribution in [2.24, 2.45) is 0 Å². The van der Waals surface area contributed by atoms with E-state index < -0.39 is 0 Å². The fourth-order valence-corrected chi connectivity index (χ4v) is 3.43.